The summed E-state index contributed by atoms with van der Waals surface area (Å²) < 4.78 is 87.7. The van der Waals surface area contributed by atoms with Gasteiger partial charge in [-0.25, -0.2) is 38.1 Å². The van der Waals surface area contributed by atoms with Crippen LogP contribution < -0.4 is 26.4 Å². The zero-order valence-corrected chi connectivity index (χ0v) is 57.2. The highest BCUT2D eigenvalue weighted by atomic mass is 32.7. The number of unbranched alkanes of at least 4 members (excludes halogenated alkanes) is 1. The number of fused-ring (bicyclic) bond motifs is 7. The van der Waals surface area contributed by atoms with Crippen molar-refractivity contribution in [2.45, 2.75) is 134 Å². The van der Waals surface area contributed by atoms with Crippen LogP contribution in [0.1, 0.15) is 100 Å². The second-order valence-electron chi connectivity index (χ2n) is 24.4. The highest BCUT2D eigenvalue weighted by molar-refractivity contribution is 8.44. The van der Waals surface area contributed by atoms with Crippen LogP contribution in [-0.4, -0.2) is 154 Å². The number of hydrogen-bond acceptors (Lipinski definition) is 21. The first kappa shape index (κ1) is 72.0. The van der Waals surface area contributed by atoms with Crippen molar-refractivity contribution in [1.82, 2.24) is 44.3 Å². The number of ketones is 1. The van der Waals surface area contributed by atoms with Gasteiger partial charge in [-0.2, -0.15) is 0 Å². The molecule has 99 heavy (non-hydrogen) atoms. The summed E-state index contributed by atoms with van der Waals surface area (Å²) in [5.74, 6) is 2.68. The maximum absolute atomic E-state index is 16.8. The van der Waals surface area contributed by atoms with Crippen LogP contribution >= 0.6 is 25.8 Å². The van der Waals surface area contributed by atoms with E-state index < -0.39 is 123 Å². The number of Topliss-reactive ketones (excluding diaryl/α,β-unsaturated/α-hetero) is 1. The number of aliphatic hydroxyl groups excluding tert-OH is 1. The molecule has 11 rings (SSSR count). The molecule has 4 aliphatic heterocycles. The fourth-order valence-corrected chi connectivity index (χ4v) is 14.6. The van der Waals surface area contributed by atoms with Gasteiger partial charge in [0, 0.05) is 68.2 Å². The van der Waals surface area contributed by atoms with Crippen LogP contribution in [0.2, 0.25) is 0 Å². The van der Waals surface area contributed by atoms with Crippen LogP contribution in [0.5, 0.6) is 0 Å². The number of imidazole rings is 1. The molecule has 8 heterocycles. The SMILES string of the molecule is CC(C)[C@H](NC(=O)CCCCC(=O)N1Cc2ccccc2C#Cc2ccccc21)C(=O)C[C@@H](C)C(=O)Nc1ccc(COC(=O)N(C)CCCC(=O)Nc2ncnc3c2ncn3[C@@H]2O[C@@H]3COP(O)(=S)O[C@@H]4[C@H](O)[C@@H](COP(=O)(S)O[C@H]3[C@H]2F)O[C@H]4n2cc(F)c3c(=O)[nH]cnc32)cc1. The molecule has 3 fully saturated rings. The maximum Gasteiger partial charge on any atom is 0.409 e. The van der Waals surface area contributed by atoms with Gasteiger partial charge in [-0.1, -0.05) is 87.3 Å². The molecule has 7 aromatic rings. The minimum Gasteiger partial charge on any atom is -0.445 e. The van der Waals surface area contributed by atoms with Gasteiger partial charge >= 0.3 is 19.6 Å². The third-order valence-electron chi connectivity index (χ3n) is 16.9. The number of aliphatic hydroxyl groups is 1. The van der Waals surface area contributed by atoms with Gasteiger partial charge in [0.2, 0.25) is 23.6 Å². The van der Waals surface area contributed by atoms with Crippen molar-refractivity contribution in [3.8, 4) is 11.8 Å². The average molecular weight is 1440 g/mol. The number of aromatic nitrogens is 7. The Morgan fingerprint density at radius 2 is 1.56 bits per heavy atom. The minimum absolute atomic E-state index is 0.00423. The second kappa shape index (κ2) is 31.1. The molecule has 0 saturated carbocycles. The van der Waals surface area contributed by atoms with Crippen molar-refractivity contribution in [2.24, 2.45) is 11.8 Å². The van der Waals surface area contributed by atoms with Gasteiger partial charge in [0.05, 0.1) is 44.1 Å². The number of halogens is 2. The number of nitrogens with one attached hydrogen (secondary N) is 4. The number of thiol groups is 1. The van der Waals surface area contributed by atoms with Gasteiger partial charge in [0.1, 0.15) is 48.8 Å². The van der Waals surface area contributed by atoms with Crippen LogP contribution in [0, 0.1) is 29.5 Å². The molecule has 4 aromatic heterocycles. The van der Waals surface area contributed by atoms with E-state index in [1.807, 2.05) is 62.4 Å². The molecule has 3 aromatic carbocycles. The van der Waals surface area contributed by atoms with E-state index in [1.54, 1.807) is 36.1 Å². The van der Waals surface area contributed by atoms with E-state index in [1.165, 1.54) is 11.9 Å². The van der Waals surface area contributed by atoms with E-state index in [0.29, 0.717) is 30.6 Å². The molecule has 2 unspecified atom stereocenters. The summed E-state index contributed by atoms with van der Waals surface area (Å²) in [6.07, 6.45) is -8.99. The molecule has 0 aliphatic carbocycles. The van der Waals surface area contributed by atoms with Crippen LogP contribution in [-0.2, 0) is 85.8 Å². The quantitative estimate of drug-likeness (QED) is 0.0159. The van der Waals surface area contributed by atoms with Gasteiger partial charge in [-0.05, 0) is 78.4 Å². The molecule has 12 atom stereocenters. The summed E-state index contributed by atoms with van der Waals surface area (Å²) in [5, 5.41) is 19.2. The number of para-hydroxylation sites is 1. The first-order valence-electron chi connectivity index (χ1n) is 31.6. The molecule has 4 aliphatic rings. The largest absolute Gasteiger partial charge is 0.445 e. The molecule has 3 saturated heterocycles. The molecule has 5 amide bonds. The Morgan fingerprint density at radius 1 is 0.848 bits per heavy atom. The number of carbonyl (C=O) groups is 6. The molecule has 29 nitrogen and oxygen atoms in total. The maximum atomic E-state index is 16.8. The van der Waals surface area contributed by atoms with Gasteiger partial charge in [-0.3, -0.25) is 46.9 Å². The standard InChI is InChI=1S/C64H70F2N12O17P2S2/c1-35(2)52(73-47(80)16-9-10-18-49(82)76-27-40-14-6-5-12-38(40)21-22-39-13-7-8-15-43(39)76)44(79)26-36(3)60(84)72-41-23-19-37(20-24-41)29-89-64(86)75(4)25-11-17-48(81)74-57-53-59(69-32-67-57)78(34-71-53)62-51(66)55-46(93-62)31-91-97(88,99)95-56-54(83)45(30-90-96(87,98)94-55)92-63(56)77-28-42(65)50-58(77)68-33-70-61(50)85/h5-8,12-15,19-20,23-24,28,32-36,45-46,51-52,54-56,62-63,83H,9-11,16-18,25-27,29-31H2,1-4H3,(H,72,84)(H,73,80)(H,87,98)(H,88,99)(H,68,70,85)(H,67,69,74,81)/t36-,45-,46-,51-,52+,54-,55-,56-,62-,63-,96?,97?/m1/s1. The number of rotatable bonds is 21. The van der Waals surface area contributed by atoms with Crippen LogP contribution in [0.25, 0.3) is 22.2 Å². The second-order valence-corrected chi connectivity index (χ2v) is 30.0. The summed E-state index contributed by atoms with van der Waals surface area (Å²) in [7, 11) is 1.49. The van der Waals surface area contributed by atoms with Crippen LogP contribution in [0.15, 0.2) is 103 Å². The summed E-state index contributed by atoms with van der Waals surface area (Å²) in [6, 6.07) is 21.0. The number of carbonyl (C=O) groups excluding carboxylic acids is 6. The molecular weight excluding hydrogens is 1370 g/mol. The predicted octanol–water partition coefficient (Wildman–Crippen LogP) is 7.44. The fourth-order valence-electron chi connectivity index (χ4n) is 11.7. The molecule has 35 heteroatoms. The summed E-state index contributed by atoms with van der Waals surface area (Å²) in [5.41, 5.74) is 3.25. The molecular formula is C64H70F2N12O17P2S2. The Kier molecular flexibility index (Phi) is 22.7. The van der Waals surface area contributed by atoms with Gasteiger partial charge in [0.25, 0.3) is 5.56 Å². The third-order valence-corrected chi connectivity index (χ3v) is 20.1. The number of hydrogen-bond donors (Lipinski definition) is 7. The topological polar surface area (TPSA) is 361 Å². The van der Waals surface area contributed by atoms with Gasteiger partial charge in [-0.15, -0.1) is 0 Å². The third kappa shape index (κ3) is 17.0. The minimum atomic E-state index is -4.60. The normalized spacial score (nSPS) is 24.2. The predicted molar refractivity (Wildman–Crippen MR) is 359 cm³/mol. The highest BCUT2D eigenvalue weighted by Gasteiger charge is 2.54. The van der Waals surface area contributed by atoms with E-state index in [4.69, 9.17) is 44.1 Å². The molecule has 6 N–H and O–H groups in total. The summed E-state index contributed by atoms with van der Waals surface area (Å²) >= 11 is 9.34. The number of H-pyrrole nitrogens is 1. The van der Waals surface area contributed by atoms with Crippen molar-refractivity contribution < 1.29 is 84.4 Å². The first-order valence-corrected chi connectivity index (χ1v) is 36.8. The zero-order chi connectivity index (χ0) is 70.4. The van der Waals surface area contributed by atoms with E-state index in [2.05, 4.69) is 65.0 Å². The molecule has 2 bridgehead atoms. The average Bonchev–Trinajstić information content (AvgIpc) is 1.62. The number of nitrogens with zero attached hydrogens (tertiary/aromatic N) is 8. The monoisotopic (exact) mass is 1440 g/mol. The van der Waals surface area contributed by atoms with Gasteiger partial charge in [0.15, 0.2) is 52.9 Å². The fraction of sp³-hybridized carbons (Fsp3) is 0.422. The highest BCUT2D eigenvalue weighted by Crippen LogP contribution is 2.58. The lowest BCUT2D eigenvalue weighted by atomic mass is 9.92. The number of amides is 5. The lowest BCUT2D eigenvalue weighted by Gasteiger charge is -2.27. The van der Waals surface area contributed by atoms with Crippen molar-refractivity contribution in [3.05, 3.63) is 136 Å². The molecule has 0 radical (unpaired) electrons. The van der Waals surface area contributed by atoms with Crippen molar-refractivity contribution >= 4 is 112 Å². The zero-order valence-electron chi connectivity index (χ0n) is 53.7. The van der Waals surface area contributed by atoms with Gasteiger partial charge < -0.3 is 64.0 Å². The lowest BCUT2D eigenvalue weighted by molar-refractivity contribution is -0.131. The smallest absolute Gasteiger partial charge is 0.409 e. The van der Waals surface area contributed by atoms with Crippen molar-refractivity contribution in [1.29, 1.82) is 0 Å². The number of ether oxygens (including phenoxy) is 3. The lowest BCUT2D eigenvalue weighted by Crippen LogP contribution is -2.45. The Balaban J connectivity index is 0.605. The summed E-state index contributed by atoms with van der Waals surface area (Å²) in [6.45, 7) is -5.01. The van der Waals surface area contributed by atoms with Crippen LogP contribution in [0.3, 0.4) is 0 Å². The van der Waals surface area contributed by atoms with Crippen molar-refractivity contribution in [3.63, 3.8) is 0 Å². The number of alkyl halides is 1. The Labute approximate surface area is 574 Å². The van der Waals surface area contributed by atoms with E-state index >= 15 is 8.78 Å². The molecule has 0 spiro atoms. The Morgan fingerprint density at radius 3 is 2.33 bits per heavy atom. The Bertz CT molecular complexity index is 4440. The molecule has 524 valence electrons. The summed E-state index contributed by atoms with van der Waals surface area (Å²) in [4.78, 5) is 126. The first-order chi connectivity index (χ1) is 47.3. The van der Waals surface area contributed by atoms with E-state index in [-0.39, 0.29) is 91.4 Å². The number of aromatic amines is 1. The van der Waals surface area contributed by atoms with E-state index in [9.17, 15) is 48.1 Å². The van der Waals surface area contributed by atoms with Crippen molar-refractivity contribution in [2.75, 3.05) is 42.3 Å². The van der Waals surface area contributed by atoms with Crippen LogP contribution in [0.4, 0.5) is 30.8 Å². The number of benzene rings is 3. The number of anilines is 3. The Hall–Kier alpha value is -8.22. The van der Waals surface area contributed by atoms with E-state index in [0.717, 1.165) is 56.7 Å².